The summed E-state index contributed by atoms with van der Waals surface area (Å²) in [4.78, 5) is 29.4. The standard InChI is InChI=1S/C32H37FN2O2/c1-23-17-24(2)19-27(18-23)21-31(36)35(22-26-13-15-28(33)16-14-26)30(20-25-9-5-3-6-10-25)32(37)34-29-11-7-4-8-12-29/h3,5-6,9-10,13-19,29-30H,4,7-8,11-12,20-22H2,1-2H3,(H,34,37)/t30-/m1/s1. The zero-order chi connectivity index (χ0) is 26.2. The monoisotopic (exact) mass is 500 g/mol. The number of carbonyl (C=O) groups is 2. The van der Waals surface area contributed by atoms with E-state index in [1.807, 2.05) is 56.3 Å². The number of rotatable bonds is 9. The molecule has 0 saturated heterocycles. The van der Waals surface area contributed by atoms with Gasteiger partial charge in [0.05, 0.1) is 6.42 Å². The van der Waals surface area contributed by atoms with Crippen LogP contribution >= 0.6 is 0 Å². The number of aryl methyl sites for hydroxylation is 2. The number of benzene rings is 3. The van der Waals surface area contributed by atoms with Crippen molar-refractivity contribution in [3.63, 3.8) is 0 Å². The number of nitrogens with zero attached hydrogens (tertiary/aromatic N) is 1. The molecule has 0 unspecified atom stereocenters. The second-order valence-electron chi connectivity index (χ2n) is 10.4. The summed E-state index contributed by atoms with van der Waals surface area (Å²) in [6, 6.07) is 21.6. The molecule has 2 amide bonds. The number of halogens is 1. The molecule has 37 heavy (non-hydrogen) atoms. The lowest BCUT2D eigenvalue weighted by Gasteiger charge is -2.33. The second kappa shape index (κ2) is 12.7. The van der Waals surface area contributed by atoms with Crippen LogP contribution in [0.3, 0.4) is 0 Å². The van der Waals surface area contributed by atoms with Crippen LogP contribution in [0.15, 0.2) is 72.8 Å². The average Bonchev–Trinajstić information content (AvgIpc) is 2.87. The maximum Gasteiger partial charge on any atom is 0.243 e. The van der Waals surface area contributed by atoms with Gasteiger partial charge in [0.2, 0.25) is 11.8 Å². The van der Waals surface area contributed by atoms with Crippen molar-refractivity contribution in [1.82, 2.24) is 10.2 Å². The molecule has 3 aromatic rings. The first-order valence-corrected chi connectivity index (χ1v) is 13.3. The molecule has 4 rings (SSSR count). The molecule has 0 radical (unpaired) electrons. The van der Waals surface area contributed by atoms with Gasteiger partial charge >= 0.3 is 0 Å². The Morgan fingerprint density at radius 1 is 0.865 bits per heavy atom. The Bertz CT molecular complexity index is 1170. The Morgan fingerprint density at radius 3 is 2.16 bits per heavy atom. The van der Waals surface area contributed by atoms with Crippen molar-refractivity contribution in [1.29, 1.82) is 0 Å². The number of hydrogen-bond acceptors (Lipinski definition) is 2. The predicted molar refractivity (Wildman–Crippen MR) is 146 cm³/mol. The van der Waals surface area contributed by atoms with Crippen LogP contribution < -0.4 is 5.32 Å². The quantitative estimate of drug-likeness (QED) is 0.387. The van der Waals surface area contributed by atoms with Crippen molar-refractivity contribution >= 4 is 11.8 Å². The van der Waals surface area contributed by atoms with Crippen molar-refractivity contribution in [2.75, 3.05) is 0 Å². The van der Waals surface area contributed by atoms with Crippen LogP contribution in [0.4, 0.5) is 4.39 Å². The lowest BCUT2D eigenvalue weighted by atomic mass is 9.94. The Balaban J connectivity index is 1.66. The first kappa shape index (κ1) is 26.6. The molecule has 0 bridgehead atoms. The topological polar surface area (TPSA) is 49.4 Å². The molecule has 1 saturated carbocycles. The van der Waals surface area contributed by atoms with Crippen molar-refractivity contribution in [2.45, 2.75) is 77.4 Å². The van der Waals surface area contributed by atoms with E-state index in [-0.39, 0.29) is 36.6 Å². The van der Waals surface area contributed by atoms with Gasteiger partial charge in [0, 0.05) is 19.0 Å². The highest BCUT2D eigenvalue weighted by Crippen LogP contribution is 2.21. The van der Waals surface area contributed by atoms with E-state index in [1.54, 1.807) is 17.0 Å². The third-order valence-electron chi connectivity index (χ3n) is 7.13. The normalized spacial score (nSPS) is 14.7. The van der Waals surface area contributed by atoms with Crippen molar-refractivity contribution in [3.8, 4) is 0 Å². The molecule has 1 aliphatic carbocycles. The molecule has 0 spiro atoms. The molecule has 4 nitrogen and oxygen atoms in total. The molecule has 1 N–H and O–H groups in total. The Hall–Kier alpha value is -3.47. The number of hydrogen-bond donors (Lipinski definition) is 1. The summed E-state index contributed by atoms with van der Waals surface area (Å²) < 4.78 is 13.6. The first-order chi connectivity index (χ1) is 17.9. The van der Waals surface area contributed by atoms with Crippen LogP contribution in [-0.2, 0) is 29.0 Å². The Morgan fingerprint density at radius 2 is 1.51 bits per heavy atom. The molecule has 0 aromatic heterocycles. The molecule has 1 atom stereocenters. The smallest absolute Gasteiger partial charge is 0.243 e. The summed E-state index contributed by atoms with van der Waals surface area (Å²) in [5, 5.41) is 3.26. The zero-order valence-corrected chi connectivity index (χ0v) is 21.9. The summed E-state index contributed by atoms with van der Waals surface area (Å²) >= 11 is 0. The van der Waals surface area contributed by atoms with E-state index in [2.05, 4.69) is 11.4 Å². The van der Waals surface area contributed by atoms with Gasteiger partial charge < -0.3 is 10.2 Å². The Kier molecular flexibility index (Phi) is 9.10. The lowest BCUT2D eigenvalue weighted by molar-refractivity contribution is -0.141. The maximum absolute atomic E-state index is 13.9. The van der Waals surface area contributed by atoms with Gasteiger partial charge in [0.1, 0.15) is 11.9 Å². The Labute approximate surface area is 219 Å². The van der Waals surface area contributed by atoms with Gasteiger partial charge in [0.15, 0.2) is 0 Å². The fourth-order valence-corrected chi connectivity index (χ4v) is 5.33. The van der Waals surface area contributed by atoms with Crippen molar-refractivity contribution in [3.05, 3.63) is 106 Å². The molecule has 5 heteroatoms. The highest BCUT2D eigenvalue weighted by Gasteiger charge is 2.32. The van der Waals surface area contributed by atoms with Crippen LogP contribution in [0.5, 0.6) is 0 Å². The van der Waals surface area contributed by atoms with E-state index in [9.17, 15) is 14.0 Å². The number of amides is 2. The van der Waals surface area contributed by atoms with Crippen LogP contribution in [0, 0.1) is 19.7 Å². The summed E-state index contributed by atoms with van der Waals surface area (Å²) in [6.07, 6.45) is 5.98. The van der Waals surface area contributed by atoms with Gasteiger partial charge in [-0.2, -0.15) is 0 Å². The van der Waals surface area contributed by atoms with Crippen molar-refractivity contribution < 1.29 is 14.0 Å². The fraction of sp³-hybridized carbons (Fsp3) is 0.375. The highest BCUT2D eigenvalue weighted by molar-refractivity contribution is 5.89. The predicted octanol–water partition coefficient (Wildman–Crippen LogP) is 6.07. The molecule has 1 aliphatic rings. The summed E-state index contributed by atoms with van der Waals surface area (Å²) in [5.74, 6) is -0.562. The summed E-state index contributed by atoms with van der Waals surface area (Å²) in [6.45, 7) is 4.28. The highest BCUT2D eigenvalue weighted by atomic mass is 19.1. The first-order valence-electron chi connectivity index (χ1n) is 13.3. The molecular formula is C32H37FN2O2. The molecule has 0 aliphatic heterocycles. The third-order valence-corrected chi connectivity index (χ3v) is 7.13. The van der Waals surface area contributed by atoms with Gasteiger partial charge in [-0.25, -0.2) is 4.39 Å². The molecular weight excluding hydrogens is 463 g/mol. The van der Waals surface area contributed by atoms with Gasteiger partial charge in [0.25, 0.3) is 0 Å². The van der Waals surface area contributed by atoms with Gasteiger partial charge in [-0.05, 0) is 55.5 Å². The van der Waals surface area contributed by atoms with Crippen LogP contribution in [0.1, 0.15) is 59.9 Å². The number of carbonyl (C=O) groups excluding carboxylic acids is 2. The van der Waals surface area contributed by atoms with Crippen LogP contribution in [-0.4, -0.2) is 28.8 Å². The second-order valence-corrected chi connectivity index (χ2v) is 10.4. The molecule has 194 valence electrons. The lowest BCUT2D eigenvalue weighted by Crippen LogP contribution is -2.53. The van der Waals surface area contributed by atoms with E-state index in [0.29, 0.717) is 6.42 Å². The third kappa shape index (κ3) is 7.75. The van der Waals surface area contributed by atoms with E-state index >= 15 is 0 Å². The van der Waals surface area contributed by atoms with E-state index < -0.39 is 6.04 Å². The van der Waals surface area contributed by atoms with E-state index in [1.165, 1.54) is 18.6 Å². The molecule has 1 fully saturated rings. The molecule has 3 aromatic carbocycles. The zero-order valence-electron chi connectivity index (χ0n) is 21.9. The van der Waals surface area contributed by atoms with Crippen molar-refractivity contribution in [2.24, 2.45) is 0 Å². The van der Waals surface area contributed by atoms with Crippen LogP contribution in [0.2, 0.25) is 0 Å². The summed E-state index contributed by atoms with van der Waals surface area (Å²) in [5.41, 5.74) is 4.92. The minimum atomic E-state index is -0.673. The minimum Gasteiger partial charge on any atom is -0.352 e. The largest absolute Gasteiger partial charge is 0.352 e. The maximum atomic E-state index is 13.9. The minimum absolute atomic E-state index is 0.117. The summed E-state index contributed by atoms with van der Waals surface area (Å²) in [7, 11) is 0. The average molecular weight is 501 g/mol. The van der Waals surface area contributed by atoms with Gasteiger partial charge in [-0.3, -0.25) is 9.59 Å². The van der Waals surface area contributed by atoms with Gasteiger partial charge in [-0.15, -0.1) is 0 Å². The van der Waals surface area contributed by atoms with E-state index in [4.69, 9.17) is 0 Å². The van der Waals surface area contributed by atoms with Crippen LogP contribution in [0.25, 0.3) is 0 Å². The van der Waals surface area contributed by atoms with Gasteiger partial charge in [-0.1, -0.05) is 91.1 Å². The fourth-order valence-electron chi connectivity index (χ4n) is 5.33. The SMILES string of the molecule is Cc1cc(C)cc(CC(=O)N(Cc2ccc(F)cc2)[C@H](Cc2ccccc2)C(=O)NC2CCCCC2)c1. The van der Waals surface area contributed by atoms with E-state index in [0.717, 1.165) is 53.5 Å². The number of nitrogens with one attached hydrogen (secondary N) is 1. The molecule has 0 heterocycles.